The van der Waals surface area contributed by atoms with E-state index in [2.05, 4.69) is 16.0 Å². The third-order valence-electron chi connectivity index (χ3n) is 2.87. The summed E-state index contributed by atoms with van der Waals surface area (Å²) in [4.78, 5) is 23.8. The van der Waals surface area contributed by atoms with Crippen LogP contribution in [0.1, 0.15) is 44.5 Å². The van der Waals surface area contributed by atoms with Gasteiger partial charge in [0.25, 0.3) is 5.91 Å². The van der Waals surface area contributed by atoms with E-state index in [0.717, 1.165) is 6.54 Å². The van der Waals surface area contributed by atoms with Crippen LogP contribution in [0, 0.1) is 0 Å². The molecule has 0 saturated heterocycles. The van der Waals surface area contributed by atoms with Gasteiger partial charge in [0.15, 0.2) is 0 Å². The van der Waals surface area contributed by atoms with Gasteiger partial charge in [0, 0.05) is 29.8 Å². The van der Waals surface area contributed by atoms with E-state index in [0.29, 0.717) is 17.7 Å². The number of hydrogen-bond donors (Lipinski definition) is 3. The molecular weight excluding hydrogens is 266 g/mol. The highest BCUT2D eigenvalue weighted by Gasteiger charge is 2.10. The first-order valence-corrected chi connectivity index (χ1v) is 7.36. The van der Waals surface area contributed by atoms with Crippen LogP contribution in [0.15, 0.2) is 24.3 Å². The van der Waals surface area contributed by atoms with Crippen molar-refractivity contribution in [3.63, 3.8) is 0 Å². The molecule has 1 unspecified atom stereocenters. The molecule has 1 aromatic carbocycles. The van der Waals surface area contributed by atoms with Crippen molar-refractivity contribution in [2.45, 2.75) is 46.2 Å². The van der Waals surface area contributed by atoms with E-state index in [4.69, 9.17) is 0 Å². The molecule has 0 radical (unpaired) electrons. The lowest BCUT2D eigenvalue weighted by molar-refractivity contribution is -0.116. The van der Waals surface area contributed by atoms with E-state index in [1.807, 2.05) is 27.7 Å². The molecule has 0 bridgehead atoms. The standard InChI is InChI=1S/C16H25N3O2/c1-5-17-12(4)9-15(20)19-14-8-6-7-13(10-14)16(21)18-11(2)3/h6-8,10-12,17H,5,9H2,1-4H3,(H,18,21)(H,19,20). The van der Waals surface area contributed by atoms with Crippen molar-refractivity contribution in [1.82, 2.24) is 10.6 Å². The molecule has 0 spiro atoms. The molecule has 21 heavy (non-hydrogen) atoms. The highest BCUT2D eigenvalue weighted by molar-refractivity contribution is 5.97. The molecule has 1 aromatic rings. The summed E-state index contributed by atoms with van der Waals surface area (Å²) in [6.45, 7) is 8.62. The first-order chi connectivity index (χ1) is 9.92. The summed E-state index contributed by atoms with van der Waals surface area (Å²) >= 11 is 0. The number of amides is 2. The fourth-order valence-corrected chi connectivity index (χ4v) is 1.99. The van der Waals surface area contributed by atoms with Crippen LogP contribution in [0.2, 0.25) is 0 Å². The number of rotatable bonds is 7. The van der Waals surface area contributed by atoms with E-state index in [9.17, 15) is 9.59 Å². The Morgan fingerprint density at radius 1 is 1.19 bits per heavy atom. The van der Waals surface area contributed by atoms with Gasteiger partial charge in [-0.15, -0.1) is 0 Å². The van der Waals surface area contributed by atoms with Crippen LogP contribution in [-0.4, -0.2) is 30.4 Å². The van der Waals surface area contributed by atoms with Crippen LogP contribution in [0.5, 0.6) is 0 Å². The Kier molecular flexibility index (Phi) is 6.88. The molecule has 0 fully saturated rings. The Labute approximate surface area is 126 Å². The highest BCUT2D eigenvalue weighted by Crippen LogP contribution is 2.11. The summed E-state index contributed by atoms with van der Waals surface area (Å²) in [5.41, 5.74) is 1.18. The lowest BCUT2D eigenvalue weighted by atomic mass is 10.1. The van der Waals surface area contributed by atoms with Gasteiger partial charge in [0.2, 0.25) is 5.91 Å². The van der Waals surface area contributed by atoms with E-state index < -0.39 is 0 Å². The predicted octanol–water partition coefficient (Wildman–Crippen LogP) is 2.15. The van der Waals surface area contributed by atoms with Crippen molar-refractivity contribution in [1.29, 1.82) is 0 Å². The maximum absolute atomic E-state index is 11.9. The Bertz CT molecular complexity index is 486. The molecule has 3 N–H and O–H groups in total. The molecule has 5 heteroatoms. The fraction of sp³-hybridized carbons (Fsp3) is 0.500. The van der Waals surface area contributed by atoms with Crippen LogP contribution in [-0.2, 0) is 4.79 Å². The van der Waals surface area contributed by atoms with Crippen molar-refractivity contribution in [3.8, 4) is 0 Å². The largest absolute Gasteiger partial charge is 0.350 e. The van der Waals surface area contributed by atoms with Gasteiger partial charge in [-0.1, -0.05) is 13.0 Å². The zero-order valence-electron chi connectivity index (χ0n) is 13.2. The van der Waals surface area contributed by atoms with Gasteiger partial charge < -0.3 is 16.0 Å². The predicted molar refractivity (Wildman–Crippen MR) is 85.4 cm³/mol. The summed E-state index contributed by atoms with van der Waals surface area (Å²) in [6.07, 6.45) is 0.399. The topological polar surface area (TPSA) is 70.2 Å². The summed E-state index contributed by atoms with van der Waals surface area (Å²) in [6, 6.07) is 7.17. The van der Waals surface area contributed by atoms with Gasteiger partial charge in [-0.05, 0) is 45.5 Å². The highest BCUT2D eigenvalue weighted by atomic mass is 16.2. The third-order valence-corrected chi connectivity index (χ3v) is 2.87. The van der Waals surface area contributed by atoms with Crippen LogP contribution in [0.4, 0.5) is 5.69 Å². The summed E-state index contributed by atoms with van der Waals surface area (Å²) in [7, 11) is 0. The molecule has 0 heterocycles. The second-order valence-electron chi connectivity index (χ2n) is 5.42. The third kappa shape index (κ3) is 6.40. The Balaban J connectivity index is 2.64. The zero-order chi connectivity index (χ0) is 15.8. The number of anilines is 1. The maximum Gasteiger partial charge on any atom is 0.251 e. The van der Waals surface area contributed by atoms with Crippen molar-refractivity contribution in [3.05, 3.63) is 29.8 Å². The van der Waals surface area contributed by atoms with Crippen molar-refractivity contribution in [2.24, 2.45) is 0 Å². The van der Waals surface area contributed by atoms with Gasteiger partial charge in [0.05, 0.1) is 0 Å². The quantitative estimate of drug-likeness (QED) is 0.721. The fourth-order valence-electron chi connectivity index (χ4n) is 1.99. The van der Waals surface area contributed by atoms with E-state index in [1.165, 1.54) is 0 Å². The molecule has 0 aliphatic rings. The first kappa shape index (κ1) is 17.2. The Morgan fingerprint density at radius 2 is 1.90 bits per heavy atom. The second kappa shape index (κ2) is 8.42. The average molecular weight is 291 g/mol. The van der Waals surface area contributed by atoms with Gasteiger partial charge in [-0.2, -0.15) is 0 Å². The summed E-state index contributed by atoms with van der Waals surface area (Å²) < 4.78 is 0. The molecule has 0 saturated carbocycles. The minimum absolute atomic E-state index is 0.0649. The van der Waals surface area contributed by atoms with Crippen molar-refractivity contribution in [2.75, 3.05) is 11.9 Å². The molecule has 1 atom stereocenters. The normalized spacial score (nSPS) is 12.0. The van der Waals surface area contributed by atoms with Gasteiger partial charge in [0.1, 0.15) is 0 Å². The number of benzene rings is 1. The molecular formula is C16H25N3O2. The van der Waals surface area contributed by atoms with Crippen LogP contribution in [0.3, 0.4) is 0 Å². The first-order valence-electron chi connectivity index (χ1n) is 7.36. The number of carbonyl (C=O) groups is 2. The monoisotopic (exact) mass is 291 g/mol. The maximum atomic E-state index is 11.9. The zero-order valence-corrected chi connectivity index (χ0v) is 13.2. The molecule has 1 rings (SSSR count). The Morgan fingerprint density at radius 3 is 2.52 bits per heavy atom. The van der Waals surface area contributed by atoms with Crippen molar-refractivity contribution >= 4 is 17.5 Å². The van der Waals surface area contributed by atoms with Gasteiger partial charge >= 0.3 is 0 Å². The second-order valence-corrected chi connectivity index (χ2v) is 5.42. The lowest BCUT2D eigenvalue weighted by Crippen LogP contribution is -2.31. The molecule has 0 aromatic heterocycles. The average Bonchev–Trinajstić information content (AvgIpc) is 2.38. The number of hydrogen-bond acceptors (Lipinski definition) is 3. The molecule has 2 amide bonds. The van der Waals surface area contributed by atoms with E-state index in [-0.39, 0.29) is 23.9 Å². The van der Waals surface area contributed by atoms with E-state index >= 15 is 0 Å². The number of nitrogens with one attached hydrogen (secondary N) is 3. The summed E-state index contributed by atoms with van der Waals surface area (Å²) in [5.74, 6) is -0.202. The van der Waals surface area contributed by atoms with Gasteiger partial charge in [-0.3, -0.25) is 9.59 Å². The van der Waals surface area contributed by atoms with E-state index in [1.54, 1.807) is 24.3 Å². The molecule has 0 aliphatic carbocycles. The van der Waals surface area contributed by atoms with Crippen molar-refractivity contribution < 1.29 is 9.59 Å². The number of carbonyl (C=O) groups excluding carboxylic acids is 2. The molecule has 0 aliphatic heterocycles. The molecule has 5 nitrogen and oxygen atoms in total. The van der Waals surface area contributed by atoms with Crippen LogP contribution in [0.25, 0.3) is 0 Å². The van der Waals surface area contributed by atoms with Crippen LogP contribution < -0.4 is 16.0 Å². The minimum Gasteiger partial charge on any atom is -0.350 e. The minimum atomic E-state index is -0.137. The molecule has 116 valence electrons. The Hall–Kier alpha value is -1.88. The van der Waals surface area contributed by atoms with Gasteiger partial charge in [-0.25, -0.2) is 0 Å². The lowest BCUT2D eigenvalue weighted by Gasteiger charge is -2.13. The summed E-state index contributed by atoms with van der Waals surface area (Å²) in [5, 5.41) is 8.84. The SMILES string of the molecule is CCNC(C)CC(=O)Nc1cccc(C(=O)NC(C)C)c1. The smallest absolute Gasteiger partial charge is 0.251 e. The van der Waals surface area contributed by atoms with Crippen LogP contribution >= 0.6 is 0 Å².